The molecule has 0 spiro atoms. The summed E-state index contributed by atoms with van der Waals surface area (Å²) in [6, 6.07) is 4.93. The normalized spacial score (nSPS) is 23.7. The van der Waals surface area contributed by atoms with Crippen LogP contribution in [0.25, 0.3) is 0 Å². The number of carbonyl (C=O) groups excluding carboxylic acids is 1. The van der Waals surface area contributed by atoms with E-state index in [2.05, 4.69) is 4.90 Å². The van der Waals surface area contributed by atoms with Crippen LogP contribution in [0.2, 0.25) is 5.02 Å². The van der Waals surface area contributed by atoms with E-state index in [0.717, 1.165) is 38.8 Å². The largest absolute Gasteiger partial charge is 0.340 e. The fourth-order valence-corrected chi connectivity index (χ4v) is 3.97. The Bertz CT molecular complexity index is 577. The lowest BCUT2D eigenvalue weighted by atomic mass is 9.85. The zero-order valence-electron chi connectivity index (χ0n) is 14.7. The standard InChI is InChI=1S/C18H25ClFN3O.2ClH/c19-16-5-2-6-17(20)15(16)12-22-7-9-23(10-8-22)18(24)13-3-1-4-14(21)11-13;;/h2,5-6,13-14H,1,3-4,7-12,21H2;2*1H. The highest BCUT2D eigenvalue weighted by Gasteiger charge is 2.30. The third-order valence-electron chi connectivity index (χ3n) is 5.19. The predicted octanol–water partition coefficient (Wildman–Crippen LogP) is 3.48. The molecule has 2 N–H and O–H groups in total. The number of nitrogens with zero attached hydrogens (tertiary/aromatic N) is 2. The molecule has 2 fully saturated rings. The predicted molar refractivity (Wildman–Crippen MR) is 108 cm³/mol. The molecule has 1 aliphatic carbocycles. The maximum absolute atomic E-state index is 13.9. The van der Waals surface area contributed by atoms with Crippen LogP contribution < -0.4 is 5.73 Å². The van der Waals surface area contributed by atoms with Crippen LogP contribution in [0, 0.1) is 11.7 Å². The Morgan fingerprint density at radius 1 is 1.19 bits per heavy atom. The van der Waals surface area contributed by atoms with Crippen molar-refractivity contribution in [2.75, 3.05) is 26.2 Å². The van der Waals surface area contributed by atoms with Crippen LogP contribution >= 0.6 is 36.4 Å². The average Bonchev–Trinajstić information content (AvgIpc) is 2.58. The first-order valence-electron chi connectivity index (χ1n) is 8.74. The fourth-order valence-electron chi connectivity index (χ4n) is 3.74. The van der Waals surface area contributed by atoms with E-state index in [1.165, 1.54) is 6.07 Å². The Morgan fingerprint density at radius 3 is 2.50 bits per heavy atom. The number of rotatable bonds is 3. The van der Waals surface area contributed by atoms with E-state index in [-0.39, 0.29) is 48.5 Å². The lowest BCUT2D eigenvalue weighted by molar-refractivity contribution is -0.138. The minimum atomic E-state index is -0.266. The van der Waals surface area contributed by atoms with Crippen LogP contribution in [0.1, 0.15) is 31.2 Å². The molecule has 4 nitrogen and oxygen atoms in total. The van der Waals surface area contributed by atoms with Crippen LogP contribution in [-0.2, 0) is 11.3 Å². The van der Waals surface area contributed by atoms with E-state index >= 15 is 0 Å². The molecule has 0 aromatic heterocycles. The number of halogens is 4. The van der Waals surface area contributed by atoms with E-state index < -0.39 is 0 Å². The molecular weight excluding hydrogens is 400 g/mol. The summed E-state index contributed by atoms with van der Waals surface area (Å²) in [6.45, 7) is 3.36. The topological polar surface area (TPSA) is 49.6 Å². The smallest absolute Gasteiger partial charge is 0.225 e. The van der Waals surface area contributed by atoms with Gasteiger partial charge in [-0.05, 0) is 31.4 Å². The van der Waals surface area contributed by atoms with Gasteiger partial charge in [0, 0.05) is 55.3 Å². The van der Waals surface area contributed by atoms with Crippen LogP contribution in [0.5, 0.6) is 0 Å². The van der Waals surface area contributed by atoms with Crippen molar-refractivity contribution in [3.8, 4) is 0 Å². The van der Waals surface area contributed by atoms with Gasteiger partial charge < -0.3 is 10.6 Å². The fraction of sp³-hybridized carbons (Fsp3) is 0.611. The van der Waals surface area contributed by atoms with Gasteiger partial charge in [-0.25, -0.2) is 4.39 Å². The number of carbonyl (C=O) groups is 1. The highest BCUT2D eigenvalue weighted by Crippen LogP contribution is 2.26. The van der Waals surface area contributed by atoms with Crippen molar-refractivity contribution in [1.82, 2.24) is 9.80 Å². The molecule has 1 heterocycles. The summed E-state index contributed by atoms with van der Waals surface area (Å²) in [5, 5.41) is 0.463. The van der Waals surface area contributed by atoms with Gasteiger partial charge in [0.25, 0.3) is 0 Å². The number of piperazine rings is 1. The maximum atomic E-state index is 13.9. The lowest BCUT2D eigenvalue weighted by Gasteiger charge is -2.38. The van der Waals surface area contributed by atoms with Crippen LogP contribution in [0.4, 0.5) is 4.39 Å². The lowest BCUT2D eigenvalue weighted by Crippen LogP contribution is -2.51. The average molecular weight is 427 g/mol. The zero-order valence-corrected chi connectivity index (χ0v) is 17.1. The number of hydrogen-bond donors (Lipinski definition) is 1. The molecule has 2 unspecified atom stereocenters. The number of nitrogens with two attached hydrogens (primary N) is 1. The van der Waals surface area contributed by atoms with Crippen molar-refractivity contribution in [1.29, 1.82) is 0 Å². The molecule has 1 amide bonds. The van der Waals surface area contributed by atoms with Crippen molar-refractivity contribution in [2.24, 2.45) is 11.7 Å². The first kappa shape index (κ1) is 23.4. The quantitative estimate of drug-likeness (QED) is 0.805. The SMILES string of the molecule is Cl.Cl.NC1CCCC(C(=O)N2CCN(Cc3c(F)cccc3Cl)CC2)C1. The Hall–Kier alpha value is -0.590. The molecule has 0 radical (unpaired) electrons. The highest BCUT2D eigenvalue weighted by atomic mass is 35.5. The van der Waals surface area contributed by atoms with Gasteiger partial charge in [-0.3, -0.25) is 9.69 Å². The molecule has 1 aliphatic heterocycles. The Morgan fingerprint density at radius 2 is 1.88 bits per heavy atom. The summed E-state index contributed by atoms with van der Waals surface area (Å²) in [5.41, 5.74) is 6.54. The summed E-state index contributed by atoms with van der Waals surface area (Å²) < 4.78 is 13.9. The first-order chi connectivity index (χ1) is 11.5. The van der Waals surface area contributed by atoms with Crippen LogP contribution in [0.3, 0.4) is 0 Å². The first-order valence-corrected chi connectivity index (χ1v) is 9.12. The summed E-state index contributed by atoms with van der Waals surface area (Å²) >= 11 is 6.10. The highest BCUT2D eigenvalue weighted by molar-refractivity contribution is 6.31. The Balaban J connectivity index is 0.00000169. The number of amides is 1. The monoisotopic (exact) mass is 425 g/mol. The molecule has 148 valence electrons. The third kappa shape index (κ3) is 5.70. The third-order valence-corrected chi connectivity index (χ3v) is 5.55. The van der Waals surface area contributed by atoms with Gasteiger partial charge in [-0.15, -0.1) is 24.8 Å². The van der Waals surface area contributed by atoms with Gasteiger partial charge in [0.1, 0.15) is 5.82 Å². The van der Waals surface area contributed by atoms with Gasteiger partial charge in [0.15, 0.2) is 0 Å². The second-order valence-electron chi connectivity index (χ2n) is 6.93. The van der Waals surface area contributed by atoms with Crippen molar-refractivity contribution in [2.45, 2.75) is 38.3 Å². The maximum Gasteiger partial charge on any atom is 0.225 e. The van der Waals surface area contributed by atoms with Crippen LogP contribution in [-0.4, -0.2) is 47.9 Å². The van der Waals surface area contributed by atoms with E-state index in [4.69, 9.17) is 17.3 Å². The van der Waals surface area contributed by atoms with Crippen molar-refractivity contribution >= 4 is 42.3 Å². The van der Waals surface area contributed by atoms with E-state index in [1.54, 1.807) is 12.1 Å². The minimum absolute atomic E-state index is 0. The van der Waals surface area contributed by atoms with Crippen molar-refractivity contribution in [3.05, 3.63) is 34.6 Å². The summed E-state index contributed by atoms with van der Waals surface area (Å²) in [7, 11) is 0. The molecule has 8 heteroatoms. The van der Waals surface area contributed by atoms with Crippen molar-refractivity contribution < 1.29 is 9.18 Å². The van der Waals surface area contributed by atoms with Gasteiger partial charge in [-0.1, -0.05) is 24.1 Å². The molecule has 1 aromatic rings. The molecule has 0 bridgehead atoms. The molecule has 2 atom stereocenters. The van der Waals surface area contributed by atoms with Gasteiger partial charge in [0.2, 0.25) is 5.91 Å². The Labute approximate surface area is 172 Å². The van der Waals surface area contributed by atoms with E-state index in [1.807, 2.05) is 4.90 Å². The van der Waals surface area contributed by atoms with E-state index in [9.17, 15) is 9.18 Å². The summed E-state index contributed by atoms with van der Waals surface area (Å²) in [5.74, 6) is 0.0623. The van der Waals surface area contributed by atoms with Crippen LogP contribution in [0.15, 0.2) is 18.2 Å². The number of hydrogen-bond acceptors (Lipinski definition) is 3. The zero-order chi connectivity index (χ0) is 17.1. The second kappa shape index (κ2) is 10.7. The minimum Gasteiger partial charge on any atom is -0.340 e. The Kier molecular flexibility index (Phi) is 9.62. The summed E-state index contributed by atoms with van der Waals surface area (Å²) in [6.07, 6.45) is 3.84. The molecule has 1 aromatic carbocycles. The summed E-state index contributed by atoms with van der Waals surface area (Å²) in [4.78, 5) is 16.7. The molecule has 2 aliphatic rings. The van der Waals surface area contributed by atoms with Gasteiger partial charge >= 0.3 is 0 Å². The molecular formula is C18H27Cl3FN3O. The molecule has 1 saturated heterocycles. The van der Waals surface area contributed by atoms with E-state index in [0.29, 0.717) is 30.2 Å². The molecule has 26 heavy (non-hydrogen) atoms. The number of benzene rings is 1. The van der Waals surface area contributed by atoms with Crippen molar-refractivity contribution in [3.63, 3.8) is 0 Å². The van der Waals surface area contributed by atoms with Gasteiger partial charge in [-0.2, -0.15) is 0 Å². The van der Waals surface area contributed by atoms with Gasteiger partial charge in [0.05, 0.1) is 0 Å². The second-order valence-corrected chi connectivity index (χ2v) is 7.33. The molecule has 3 rings (SSSR count). The molecule has 1 saturated carbocycles.